The van der Waals surface area contributed by atoms with Crippen molar-refractivity contribution in [3.8, 4) is 0 Å². The molecule has 1 unspecified atom stereocenters. The van der Waals surface area contributed by atoms with Gasteiger partial charge in [0.15, 0.2) is 5.65 Å². The number of pyridine rings is 1. The number of nitrogens with zero attached hydrogens (tertiary/aromatic N) is 2. The Hall–Kier alpha value is -2.15. The van der Waals surface area contributed by atoms with Gasteiger partial charge in [0.05, 0.1) is 11.5 Å². The normalized spacial score (nSPS) is 12.5. The summed E-state index contributed by atoms with van der Waals surface area (Å²) in [7, 11) is 1.76. The number of rotatable bonds is 7. The summed E-state index contributed by atoms with van der Waals surface area (Å²) in [6, 6.07) is 0. The van der Waals surface area contributed by atoms with Crippen molar-refractivity contribution in [2.75, 3.05) is 6.54 Å². The van der Waals surface area contributed by atoms with Gasteiger partial charge in [-0.2, -0.15) is 0 Å². The molecule has 0 radical (unpaired) electrons. The minimum atomic E-state index is -0.369. The molecule has 0 saturated heterocycles. The Morgan fingerprint density at radius 1 is 1.42 bits per heavy atom. The van der Waals surface area contributed by atoms with Gasteiger partial charge in [0.2, 0.25) is 5.91 Å². The molecule has 0 aliphatic heterocycles. The molecule has 0 bridgehead atoms. The molecule has 1 atom stereocenters. The van der Waals surface area contributed by atoms with Crippen molar-refractivity contribution in [3.05, 3.63) is 27.2 Å². The van der Waals surface area contributed by atoms with Crippen LogP contribution in [0, 0.1) is 13.8 Å². The third kappa shape index (κ3) is 3.84. The quantitative estimate of drug-likeness (QED) is 0.705. The second-order valence-corrected chi connectivity index (χ2v) is 6.20. The number of hydrogen-bond acceptors (Lipinski definition) is 4. The van der Waals surface area contributed by atoms with Crippen LogP contribution in [-0.2, 0) is 18.3 Å². The minimum absolute atomic E-state index is 0.0563. The molecule has 2 rings (SSSR count). The number of carbonyl (C=O) groups is 1. The topological polar surface area (TPSA) is 100 Å². The summed E-state index contributed by atoms with van der Waals surface area (Å²) < 4.78 is 1.62. The van der Waals surface area contributed by atoms with Gasteiger partial charge in [-0.05, 0) is 44.2 Å². The molecule has 0 saturated carbocycles. The summed E-state index contributed by atoms with van der Waals surface area (Å²) in [5, 5.41) is 15.6. The Bertz CT molecular complexity index is 791. The molecule has 1 amide bonds. The van der Waals surface area contributed by atoms with Crippen LogP contribution >= 0.6 is 0 Å². The molecule has 2 aromatic heterocycles. The SMILES string of the molecule is CCC(O)CCNC(=O)CCc1c(C)nc2c(c1C)c(=O)[nH]n2C. The molecular formula is C17H26N4O3. The Morgan fingerprint density at radius 3 is 2.79 bits per heavy atom. The molecule has 0 aromatic carbocycles. The van der Waals surface area contributed by atoms with Crippen LogP contribution in [0.4, 0.5) is 0 Å². The second kappa shape index (κ2) is 7.61. The first-order chi connectivity index (χ1) is 11.3. The number of aryl methyl sites for hydroxylation is 3. The predicted molar refractivity (Wildman–Crippen MR) is 93.1 cm³/mol. The van der Waals surface area contributed by atoms with Crippen LogP contribution in [-0.4, -0.2) is 38.4 Å². The molecule has 7 nitrogen and oxygen atoms in total. The van der Waals surface area contributed by atoms with E-state index in [4.69, 9.17) is 0 Å². The molecule has 2 heterocycles. The molecule has 2 aromatic rings. The number of fused-ring (bicyclic) bond motifs is 1. The van der Waals surface area contributed by atoms with Gasteiger partial charge >= 0.3 is 0 Å². The molecular weight excluding hydrogens is 308 g/mol. The van der Waals surface area contributed by atoms with Crippen molar-refractivity contribution >= 4 is 16.9 Å². The lowest BCUT2D eigenvalue weighted by Gasteiger charge is -2.11. The van der Waals surface area contributed by atoms with Crippen molar-refractivity contribution in [1.29, 1.82) is 0 Å². The number of aromatic amines is 1. The molecule has 0 fully saturated rings. The summed E-state index contributed by atoms with van der Waals surface area (Å²) in [4.78, 5) is 28.5. The third-order valence-electron chi connectivity index (χ3n) is 4.45. The van der Waals surface area contributed by atoms with Gasteiger partial charge in [-0.15, -0.1) is 0 Å². The molecule has 132 valence electrons. The van der Waals surface area contributed by atoms with Gasteiger partial charge in [0.25, 0.3) is 5.56 Å². The van der Waals surface area contributed by atoms with E-state index in [-0.39, 0.29) is 17.6 Å². The monoisotopic (exact) mass is 334 g/mol. The molecule has 7 heteroatoms. The Morgan fingerprint density at radius 2 is 2.12 bits per heavy atom. The number of nitrogens with one attached hydrogen (secondary N) is 2. The first kappa shape index (κ1) is 18.2. The summed E-state index contributed by atoms with van der Waals surface area (Å²) in [5.41, 5.74) is 3.15. The van der Waals surface area contributed by atoms with Crippen LogP contribution in [0.25, 0.3) is 11.0 Å². The van der Waals surface area contributed by atoms with Gasteiger partial charge in [-0.3, -0.25) is 19.4 Å². The number of H-pyrrole nitrogens is 1. The summed E-state index contributed by atoms with van der Waals surface area (Å²) >= 11 is 0. The van der Waals surface area contributed by atoms with Crippen molar-refractivity contribution in [1.82, 2.24) is 20.1 Å². The number of aliphatic hydroxyl groups is 1. The molecule has 0 spiro atoms. The summed E-state index contributed by atoms with van der Waals surface area (Å²) in [6.45, 7) is 6.18. The Labute approximate surface area is 141 Å². The van der Waals surface area contributed by atoms with Crippen molar-refractivity contribution in [2.45, 2.75) is 52.6 Å². The fourth-order valence-electron chi connectivity index (χ4n) is 2.93. The predicted octanol–water partition coefficient (Wildman–Crippen LogP) is 1.09. The largest absolute Gasteiger partial charge is 0.393 e. The highest BCUT2D eigenvalue weighted by Gasteiger charge is 2.16. The lowest BCUT2D eigenvalue weighted by atomic mass is 10.00. The average molecular weight is 334 g/mol. The fraction of sp³-hybridized carbons (Fsp3) is 0.588. The van der Waals surface area contributed by atoms with Gasteiger partial charge in [0.1, 0.15) is 0 Å². The zero-order chi connectivity index (χ0) is 17.9. The van der Waals surface area contributed by atoms with Crippen LogP contribution in [0.2, 0.25) is 0 Å². The van der Waals surface area contributed by atoms with E-state index in [0.29, 0.717) is 43.3 Å². The maximum atomic E-state index is 12.0. The van der Waals surface area contributed by atoms with E-state index in [1.54, 1.807) is 11.7 Å². The van der Waals surface area contributed by atoms with Crippen LogP contribution in [0.1, 0.15) is 43.0 Å². The first-order valence-electron chi connectivity index (χ1n) is 8.34. The van der Waals surface area contributed by atoms with Gasteiger partial charge in [-0.1, -0.05) is 6.92 Å². The number of aromatic nitrogens is 3. The molecule has 0 aliphatic rings. The van der Waals surface area contributed by atoms with E-state index in [9.17, 15) is 14.7 Å². The van der Waals surface area contributed by atoms with Crippen LogP contribution in [0.15, 0.2) is 4.79 Å². The maximum absolute atomic E-state index is 12.0. The highest BCUT2D eigenvalue weighted by atomic mass is 16.3. The van der Waals surface area contributed by atoms with E-state index in [0.717, 1.165) is 16.8 Å². The Kier molecular flexibility index (Phi) is 5.77. The standard InChI is InChI=1S/C17H26N4O3/c1-5-12(22)8-9-18-14(23)7-6-13-10(2)15-16(19-11(13)3)21(4)20-17(15)24/h12,22H,5-9H2,1-4H3,(H,18,23)(H,20,24). The van der Waals surface area contributed by atoms with Crippen molar-refractivity contribution in [3.63, 3.8) is 0 Å². The highest BCUT2D eigenvalue weighted by Crippen LogP contribution is 2.20. The van der Waals surface area contributed by atoms with Crippen LogP contribution in [0.3, 0.4) is 0 Å². The minimum Gasteiger partial charge on any atom is -0.393 e. The maximum Gasteiger partial charge on any atom is 0.273 e. The molecule has 24 heavy (non-hydrogen) atoms. The highest BCUT2D eigenvalue weighted by molar-refractivity contribution is 5.81. The van der Waals surface area contributed by atoms with Crippen molar-refractivity contribution in [2.24, 2.45) is 7.05 Å². The van der Waals surface area contributed by atoms with E-state index < -0.39 is 0 Å². The smallest absolute Gasteiger partial charge is 0.273 e. The van der Waals surface area contributed by atoms with Crippen LogP contribution in [0.5, 0.6) is 0 Å². The van der Waals surface area contributed by atoms with Crippen molar-refractivity contribution < 1.29 is 9.90 Å². The second-order valence-electron chi connectivity index (χ2n) is 6.20. The number of hydrogen-bond donors (Lipinski definition) is 3. The molecule has 0 aliphatic carbocycles. The van der Waals surface area contributed by atoms with Crippen LogP contribution < -0.4 is 10.9 Å². The third-order valence-corrected chi connectivity index (χ3v) is 4.45. The fourth-order valence-corrected chi connectivity index (χ4v) is 2.93. The lowest BCUT2D eigenvalue weighted by Crippen LogP contribution is -2.27. The van der Waals surface area contributed by atoms with E-state index in [2.05, 4.69) is 15.4 Å². The zero-order valence-electron chi connectivity index (χ0n) is 14.8. The Balaban J connectivity index is 2.06. The van der Waals surface area contributed by atoms with Gasteiger partial charge in [-0.25, -0.2) is 4.98 Å². The number of amides is 1. The average Bonchev–Trinajstić information content (AvgIpc) is 2.81. The van der Waals surface area contributed by atoms with E-state index in [1.807, 2.05) is 20.8 Å². The van der Waals surface area contributed by atoms with E-state index >= 15 is 0 Å². The number of carbonyl (C=O) groups excluding carboxylic acids is 1. The van der Waals surface area contributed by atoms with E-state index in [1.165, 1.54) is 0 Å². The zero-order valence-corrected chi connectivity index (χ0v) is 14.8. The summed E-state index contributed by atoms with van der Waals surface area (Å²) in [6.07, 6.45) is 1.75. The van der Waals surface area contributed by atoms with Gasteiger partial charge in [0, 0.05) is 25.7 Å². The summed E-state index contributed by atoms with van der Waals surface area (Å²) in [5.74, 6) is -0.0563. The first-order valence-corrected chi connectivity index (χ1v) is 8.34. The lowest BCUT2D eigenvalue weighted by molar-refractivity contribution is -0.121. The molecule has 3 N–H and O–H groups in total. The van der Waals surface area contributed by atoms with Gasteiger partial charge < -0.3 is 10.4 Å². The number of aliphatic hydroxyl groups excluding tert-OH is 1.